The molecule has 2 aromatic carbocycles. The Bertz CT molecular complexity index is 1240. The second-order valence-electron chi connectivity index (χ2n) is 9.69. The molecule has 5 rings (SSSR count). The Morgan fingerprint density at radius 1 is 0.811 bits per heavy atom. The van der Waals surface area contributed by atoms with E-state index in [2.05, 4.69) is 20.9 Å². The molecule has 0 unspecified atom stereocenters. The number of nitrogens with zero attached hydrogens (tertiary/aromatic N) is 5. The van der Waals surface area contributed by atoms with E-state index in [0.29, 0.717) is 12.1 Å². The van der Waals surface area contributed by atoms with Crippen molar-refractivity contribution >= 4 is 17.6 Å². The van der Waals surface area contributed by atoms with Crippen LogP contribution < -0.4 is 4.90 Å². The second-order valence-corrected chi connectivity index (χ2v) is 9.69. The zero-order valence-corrected chi connectivity index (χ0v) is 20.9. The molecule has 0 spiro atoms. The van der Waals surface area contributed by atoms with Crippen molar-refractivity contribution in [3.63, 3.8) is 0 Å². The van der Waals surface area contributed by atoms with E-state index < -0.39 is 5.41 Å². The van der Waals surface area contributed by atoms with E-state index in [-0.39, 0.29) is 18.2 Å². The number of hydrogen-bond donors (Lipinski definition) is 0. The van der Waals surface area contributed by atoms with Crippen LogP contribution in [0.25, 0.3) is 0 Å². The zero-order valence-electron chi connectivity index (χ0n) is 20.9. The van der Waals surface area contributed by atoms with E-state index in [1.54, 1.807) is 18.3 Å². The van der Waals surface area contributed by atoms with Crippen molar-refractivity contribution in [1.29, 1.82) is 5.26 Å². The summed E-state index contributed by atoms with van der Waals surface area (Å²) in [7, 11) is 0. The highest BCUT2D eigenvalue weighted by molar-refractivity contribution is 6.11. The minimum Gasteiger partial charge on any atom is -0.353 e. The Balaban J connectivity index is 1.17. The van der Waals surface area contributed by atoms with Gasteiger partial charge in [-0.05, 0) is 42.6 Å². The summed E-state index contributed by atoms with van der Waals surface area (Å²) in [6.07, 6.45) is 3.58. The average molecular weight is 494 g/mol. The fourth-order valence-electron chi connectivity index (χ4n) is 5.56. The first-order valence-corrected chi connectivity index (χ1v) is 12.9. The van der Waals surface area contributed by atoms with Crippen LogP contribution in [0.5, 0.6) is 0 Å². The third kappa shape index (κ3) is 4.85. The summed E-state index contributed by atoms with van der Waals surface area (Å²) in [4.78, 5) is 37.4. The van der Waals surface area contributed by atoms with Gasteiger partial charge in [-0.2, -0.15) is 5.26 Å². The lowest BCUT2D eigenvalue weighted by Crippen LogP contribution is -2.47. The smallest absolute Gasteiger partial charge is 0.244 e. The van der Waals surface area contributed by atoms with Crippen molar-refractivity contribution in [2.75, 3.05) is 44.2 Å². The molecule has 2 fully saturated rings. The lowest BCUT2D eigenvalue weighted by Gasteiger charge is -2.35. The number of unbranched alkanes of at least 4 members (excludes halogenated alkanes) is 1. The van der Waals surface area contributed by atoms with Gasteiger partial charge < -0.3 is 4.90 Å². The van der Waals surface area contributed by atoms with Crippen LogP contribution in [0, 0.1) is 11.3 Å². The molecular weight excluding hydrogens is 462 g/mol. The summed E-state index contributed by atoms with van der Waals surface area (Å²) >= 11 is 0. The minimum absolute atomic E-state index is 0.102. The van der Waals surface area contributed by atoms with Gasteiger partial charge >= 0.3 is 0 Å². The molecule has 0 bridgehead atoms. The van der Waals surface area contributed by atoms with E-state index in [4.69, 9.17) is 0 Å². The second kappa shape index (κ2) is 10.9. The molecular formula is C30H31N5O2. The van der Waals surface area contributed by atoms with Gasteiger partial charge in [0.05, 0.1) is 5.56 Å². The molecule has 0 saturated carbocycles. The highest BCUT2D eigenvalue weighted by Crippen LogP contribution is 2.42. The molecule has 0 N–H and O–H groups in total. The molecule has 2 aliphatic heterocycles. The number of likely N-dealkylation sites (tertiary alicyclic amines) is 1. The maximum absolute atomic E-state index is 13.8. The number of carbonyl (C=O) groups is 2. The van der Waals surface area contributed by atoms with Gasteiger partial charge in [0.2, 0.25) is 11.8 Å². The molecule has 2 amide bonds. The molecule has 2 aliphatic rings. The highest BCUT2D eigenvalue weighted by Gasteiger charge is 2.53. The van der Waals surface area contributed by atoms with Crippen LogP contribution in [-0.4, -0.2) is 65.9 Å². The standard InChI is InChI=1S/C30H31N5O2/c31-23-24-10-9-15-32-28(24)34-20-18-33(19-21-34)16-7-8-17-35-27(36)22-30(29(35)37,25-11-3-1-4-12-25)26-13-5-2-6-14-26/h1-6,9-15H,7-8,16-22H2. The third-order valence-electron chi connectivity index (χ3n) is 7.55. The van der Waals surface area contributed by atoms with Crippen molar-refractivity contribution in [3.8, 4) is 6.07 Å². The van der Waals surface area contributed by atoms with E-state index in [0.717, 1.165) is 62.5 Å². The number of aromatic nitrogens is 1. The van der Waals surface area contributed by atoms with Gasteiger partial charge in [-0.3, -0.25) is 19.4 Å². The monoisotopic (exact) mass is 493 g/mol. The van der Waals surface area contributed by atoms with Gasteiger partial charge in [-0.1, -0.05) is 60.7 Å². The van der Waals surface area contributed by atoms with E-state index in [9.17, 15) is 14.9 Å². The number of anilines is 1. The predicted octanol–water partition coefficient (Wildman–Crippen LogP) is 3.60. The number of nitriles is 1. The van der Waals surface area contributed by atoms with Crippen molar-refractivity contribution in [2.24, 2.45) is 0 Å². The molecule has 2 saturated heterocycles. The van der Waals surface area contributed by atoms with E-state index in [1.807, 2.05) is 60.7 Å². The number of carbonyl (C=O) groups excluding carboxylic acids is 2. The Labute approximate surface area is 217 Å². The molecule has 3 heterocycles. The van der Waals surface area contributed by atoms with Crippen molar-refractivity contribution in [3.05, 3.63) is 95.7 Å². The zero-order chi connectivity index (χ0) is 25.7. The van der Waals surface area contributed by atoms with Crippen molar-refractivity contribution in [2.45, 2.75) is 24.7 Å². The van der Waals surface area contributed by atoms with Gasteiger partial charge in [0, 0.05) is 45.3 Å². The number of pyridine rings is 1. The maximum atomic E-state index is 13.8. The fraction of sp³-hybridized carbons (Fsp3) is 0.333. The van der Waals surface area contributed by atoms with E-state index in [1.165, 1.54) is 4.90 Å². The normalized spacial score (nSPS) is 17.7. The summed E-state index contributed by atoms with van der Waals surface area (Å²) in [5.41, 5.74) is 1.39. The third-order valence-corrected chi connectivity index (χ3v) is 7.55. The molecule has 1 aromatic heterocycles. The SMILES string of the molecule is N#Cc1cccnc1N1CCN(CCCCN2C(=O)CC(c3ccccc3)(c3ccccc3)C2=O)CC1. The number of amides is 2. The first kappa shape index (κ1) is 24.7. The first-order chi connectivity index (χ1) is 18.1. The minimum atomic E-state index is -0.955. The summed E-state index contributed by atoms with van der Waals surface area (Å²) in [6.45, 7) is 4.80. The fourth-order valence-corrected chi connectivity index (χ4v) is 5.56. The molecule has 7 nitrogen and oxygen atoms in total. The van der Waals surface area contributed by atoms with Gasteiger partial charge in [-0.25, -0.2) is 4.98 Å². The van der Waals surface area contributed by atoms with E-state index >= 15 is 0 Å². The number of benzene rings is 2. The predicted molar refractivity (Wildman–Crippen MR) is 142 cm³/mol. The van der Waals surface area contributed by atoms with Gasteiger partial charge in [0.15, 0.2) is 0 Å². The largest absolute Gasteiger partial charge is 0.353 e. The van der Waals surface area contributed by atoms with Crippen LogP contribution >= 0.6 is 0 Å². The molecule has 188 valence electrons. The summed E-state index contributed by atoms with van der Waals surface area (Å²) in [5, 5.41) is 9.35. The summed E-state index contributed by atoms with van der Waals surface area (Å²) < 4.78 is 0. The van der Waals surface area contributed by atoms with Gasteiger partial charge in [0.25, 0.3) is 0 Å². The van der Waals surface area contributed by atoms with Gasteiger partial charge in [0.1, 0.15) is 17.3 Å². The Morgan fingerprint density at radius 2 is 1.43 bits per heavy atom. The van der Waals surface area contributed by atoms with Crippen LogP contribution in [0.2, 0.25) is 0 Å². The highest BCUT2D eigenvalue weighted by atomic mass is 16.2. The lowest BCUT2D eigenvalue weighted by atomic mass is 9.73. The van der Waals surface area contributed by atoms with Crippen LogP contribution in [0.15, 0.2) is 79.0 Å². The molecule has 37 heavy (non-hydrogen) atoms. The Hall–Kier alpha value is -4.02. The number of imide groups is 1. The summed E-state index contributed by atoms with van der Waals surface area (Å²) in [5.74, 6) is 0.540. The van der Waals surface area contributed by atoms with Crippen LogP contribution in [0.1, 0.15) is 36.0 Å². The first-order valence-electron chi connectivity index (χ1n) is 12.9. The van der Waals surface area contributed by atoms with Crippen molar-refractivity contribution in [1.82, 2.24) is 14.8 Å². The Kier molecular flexibility index (Phi) is 7.29. The lowest BCUT2D eigenvalue weighted by molar-refractivity contribution is -0.139. The average Bonchev–Trinajstić information content (AvgIpc) is 3.22. The van der Waals surface area contributed by atoms with Gasteiger partial charge in [-0.15, -0.1) is 0 Å². The maximum Gasteiger partial charge on any atom is 0.244 e. The molecule has 0 radical (unpaired) electrons. The van der Waals surface area contributed by atoms with Crippen LogP contribution in [0.3, 0.4) is 0 Å². The summed E-state index contributed by atoms with van der Waals surface area (Å²) in [6, 6.07) is 25.2. The van der Waals surface area contributed by atoms with Crippen molar-refractivity contribution < 1.29 is 9.59 Å². The van der Waals surface area contributed by atoms with Crippen LogP contribution in [-0.2, 0) is 15.0 Å². The molecule has 3 aromatic rings. The number of rotatable bonds is 8. The topological polar surface area (TPSA) is 80.5 Å². The Morgan fingerprint density at radius 3 is 2.05 bits per heavy atom. The number of hydrogen-bond acceptors (Lipinski definition) is 6. The molecule has 0 atom stereocenters. The number of piperazine rings is 1. The molecule has 0 aliphatic carbocycles. The van der Waals surface area contributed by atoms with Crippen LogP contribution in [0.4, 0.5) is 5.82 Å². The molecule has 7 heteroatoms. The quantitative estimate of drug-likeness (QED) is 0.352.